The summed E-state index contributed by atoms with van der Waals surface area (Å²) in [5.74, 6) is -0.0686. The number of carbonyl (C=O) groups is 1. The Morgan fingerprint density at radius 1 is 0.810 bits per heavy atom. The van der Waals surface area contributed by atoms with Crippen molar-refractivity contribution < 1.29 is 4.79 Å². The molecule has 0 saturated carbocycles. The van der Waals surface area contributed by atoms with Crippen LogP contribution in [0.3, 0.4) is 0 Å². The van der Waals surface area contributed by atoms with Gasteiger partial charge in [-0.05, 0) is 28.5 Å². The molecule has 0 heterocycles. The number of Topliss-reactive ketones (excluding diaryl/α,β-unsaturated/α-hetero) is 1. The molecule has 0 radical (unpaired) electrons. The third kappa shape index (κ3) is 2.94. The van der Waals surface area contributed by atoms with E-state index in [1.165, 1.54) is 0 Å². The molecule has 3 aromatic rings. The van der Waals surface area contributed by atoms with Crippen molar-refractivity contribution in [3.05, 3.63) is 81.8 Å². The second-order valence-corrected chi connectivity index (χ2v) is 5.69. The van der Waals surface area contributed by atoms with E-state index < -0.39 is 0 Å². The molecule has 0 aromatic heterocycles. The van der Waals surface area contributed by atoms with E-state index in [0.717, 1.165) is 16.3 Å². The zero-order valence-corrected chi connectivity index (χ0v) is 12.7. The fourth-order valence-corrected chi connectivity index (χ4v) is 2.99. The van der Waals surface area contributed by atoms with Gasteiger partial charge in [0.1, 0.15) is 0 Å². The average molecular weight is 315 g/mol. The zero-order chi connectivity index (χ0) is 14.8. The standard InChI is InChI=1S/C18H12Cl2O/c19-15-6-3-7-16(20)18(15)17(21)11-12-8-9-13-4-1-2-5-14(13)10-12/h1-10H,11H2. The smallest absolute Gasteiger partial charge is 0.170 e. The Labute approximate surface area is 133 Å². The van der Waals surface area contributed by atoms with E-state index in [0.29, 0.717) is 15.6 Å². The molecule has 3 heteroatoms. The summed E-state index contributed by atoms with van der Waals surface area (Å²) in [5.41, 5.74) is 1.35. The maximum Gasteiger partial charge on any atom is 0.170 e. The van der Waals surface area contributed by atoms with Gasteiger partial charge in [-0.1, -0.05) is 71.7 Å². The van der Waals surface area contributed by atoms with Crippen LogP contribution in [0.4, 0.5) is 0 Å². The molecule has 21 heavy (non-hydrogen) atoms. The van der Waals surface area contributed by atoms with Gasteiger partial charge >= 0.3 is 0 Å². The number of rotatable bonds is 3. The van der Waals surface area contributed by atoms with Crippen molar-refractivity contribution in [2.75, 3.05) is 0 Å². The fourth-order valence-electron chi connectivity index (χ4n) is 2.39. The SMILES string of the molecule is O=C(Cc1ccc2ccccc2c1)c1c(Cl)cccc1Cl. The van der Waals surface area contributed by atoms with Crippen LogP contribution in [0.15, 0.2) is 60.7 Å². The number of ketones is 1. The second kappa shape index (κ2) is 5.88. The number of hydrogen-bond donors (Lipinski definition) is 0. The maximum absolute atomic E-state index is 12.4. The van der Waals surface area contributed by atoms with Crippen molar-refractivity contribution in [1.29, 1.82) is 0 Å². The normalized spacial score (nSPS) is 10.8. The molecule has 0 N–H and O–H groups in total. The number of halogens is 2. The molecule has 0 aliphatic carbocycles. The van der Waals surface area contributed by atoms with E-state index in [9.17, 15) is 4.79 Å². The van der Waals surface area contributed by atoms with Gasteiger partial charge in [0.2, 0.25) is 0 Å². The first-order valence-electron chi connectivity index (χ1n) is 6.60. The molecule has 0 aliphatic heterocycles. The van der Waals surface area contributed by atoms with Crippen molar-refractivity contribution in [3.63, 3.8) is 0 Å². The van der Waals surface area contributed by atoms with E-state index in [2.05, 4.69) is 0 Å². The molecule has 0 amide bonds. The molecule has 0 atom stereocenters. The zero-order valence-electron chi connectivity index (χ0n) is 11.1. The van der Waals surface area contributed by atoms with Crippen molar-refractivity contribution in [1.82, 2.24) is 0 Å². The van der Waals surface area contributed by atoms with Gasteiger partial charge in [-0.15, -0.1) is 0 Å². The lowest BCUT2D eigenvalue weighted by Gasteiger charge is -2.07. The molecule has 1 nitrogen and oxygen atoms in total. The van der Waals surface area contributed by atoms with Crippen LogP contribution >= 0.6 is 23.2 Å². The molecule has 3 aromatic carbocycles. The fraction of sp³-hybridized carbons (Fsp3) is 0.0556. The minimum absolute atomic E-state index is 0.0686. The van der Waals surface area contributed by atoms with Crippen LogP contribution in [-0.4, -0.2) is 5.78 Å². The Morgan fingerprint density at radius 2 is 1.48 bits per heavy atom. The Balaban J connectivity index is 1.93. The Bertz CT molecular complexity index is 804. The van der Waals surface area contributed by atoms with Crippen molar-refractivity contribution in [2.45, 2.75) is 6.42 Å². The first-order chi connectivity index (χ1) is 10.1. The van der Waals surface area contributed by atoms with E-state index in [-0.39, 0.29) is 12.2 Å². The van der Waals surface area contributed by atoms with Crippen molar-refractivity contribution in [2.24, 2.45) is 0 Å². The minimum Gasteiger partial charge on any atom is -0.294 e. The maximum atomic E-state index is 12.4. The Kier molecular flexibility index (Phi) is 3.96. The molecule has 0 fully saturated rings. The summed E-state index contributed by atoms with van der Waals surface area (Å²) in [4.78, 5) is 12.4. The molecule has 0 bridgehead atoms. The summed E-state index contributed by atoms with van der Waals surface area (Å²) in [6.45, 7) is 0. The van der Waals surface area contributed by atoms with Crippen LogP contribution in [0.1, 0.15) is 15.9 Å². The van der Waals surface area contributed by atoms with Crippen LogP contribution in [0.25, 0.3) is 10.8 Å². The van der Waals surface area contributed by atoms with Crippen LogP contribution in [0.5, 0.6) is 0 Å². The van der Waals surface area contributed by atoms with E-state index in [4.69, 9.17) is 23.2 Å². The van der Waals surface area contributed by atoms with Gasteiger partial charge in [-0.2, -0.15) is 0 Å². The van der Waals surface area contributed by atoms with Gasteiger partial charge in [0.25, 0.3) is 0 Å². The predicted molar refractivity (Wildman–Crippen MR) is 88.4 cm³/mol. The minimum atomic E-state index is -0.0686. The van der Waals surface area contributed by atoms with Gasteiger partial charge in [-0.3, -0.25) is 4.79 Å². The first-order valence-corrected chi connectivity index (χ1v) is 7.35. The number of carbonyl (C=O) groups excluding carboxylic acids is 1. The summed E-state index contributed by atoms with van der Waals surface area (Å²) in [5, 5.41) is 3.07. The van der Waals surface area contributed by atoms with Gasteiger partial charge < -0.3 is 0 Å². The summed E-state index contributed by atoms with van der Waals surface area (Å²) in [6.07, 6.45) is 0.286. The molecular weight excluding hydrogens is 303 g/mol. The van der Waals surface area contributed by atoms with Crippen LogP contribution < -0.4 is 0 Å². The van der Waals surface area contributed by atoms with Crippen LogP contribution in [0.2, 0.25) is 10.0 Å². The molecule has 0 aliphatic rings. The lowest BCUT2D eigenvalue weighted by Crippen LogP contribution is -2.05. The number of fused-ring (bicyclic) bond motifs is 1. The van der Waals surface area contributed by atoms with Crippen molar-refractivity contribution >= 4 is 39.8 Å². The summed E-state index contributed by atoms with van der Waals surface area (Å²) in [7, 11) is 0. The monoisotopic (exact) mass is 314 g/mol. The molecule has 0 unspecified atom stereocenters. The lowest BCUT2D eigenvalue weighted by molar-refractivity contribution is 0.0993. The number of hydrogen-bond acceptors (Lipinski definition) is 1. The molecule has 0 spiro atoms. The number of benzene rings is 3. The topological polar surface area (TPSA) is 17.1 Å². The van der Waals surface area contributed by atoms with Crippen LogP contribution in [0, 0.1) is 0 Å². The Hall–Kier alpha value is -1.83. The highest BCUT2D eigenvalue weighted by Gasteiger charge is 2.15. The largest absolute Gasteiger partial charge is 0.294 e. The molecule has 0 saturated heterocycles. The van der Waals surface area contributed by atoms with Gasteiger partial charge in [0.15, 0.2) is 5.78 Å². The quantitative estimate of drug-likeness (QED) is 0.577. The Morgan fingerprint density at radius 3 is 2.19 bits per heavy atom. The van der Waals surface area contributed by atoms with Gasteiger partial charge in [-0.25, -0.2) is 0 Å². The van der Waals surface area contributed by atoms with E-state index in [1.54, 1.807) is 18.2 Å². The summed E-state index contributed by atoms with van der Waals surface area (Å²) >= 11 is 12.2. The second-order valence-electron chi connectivity index (χ2n) is 4.88. The molecular formula is C18H12Cl2O. The predicted octanol–water partition coefficient (Wildman–Crippen LogP) is 5.57. The highest BCUT2D eigenvalue weighted by molar-refractivity contribution is 6.39. The van der Waals surface area contributed by atoms with Crippen LogP contribution in [-0.2, 0) is 6.42 Å². The van der Waals surface area contributed by atoms with E-state index in [1.807, 2.05) is 42.5 Å². The molecule has 3 rings (SSSR count). The summed E-state index contributed by atoms with van der Waals surface area (Å²) < 4.78 is 0. The van der Waals surface area contributed by atoms with Gasteiger partial charge in [0, 0.05) is 6.42 Å². The van der Waals surface area contributed by atoms with Gasteiger partial charge in [0.05, 0.1) is 15.6 Å². The highest BCUT2D eigenvalue weighted by Crippen LogP contribution is 2.26. The third-order valence-electron chi connectivity index (χ3n) is 3.42. The highest BCUT2D eigenvalue weighted by atomic mass is 35.5. The van der Waals surface area contributed by atoms with Crippen molar-refractivity contribution in [3.8, 4) is 0 Å². The third-order valence-corrected chi connectivity index (χ3v) is 4.05. The average Bonchev–Trinajstić information content (AvgIpc) is 2.47. The molecule has 104 valence electrons. The summed E-state index contributed by atoms with van der Waals surface area (Å²) in [6, 6.07) is 19.2. The lowest BCUT2D eigenvalue weighted by atomic mass is 10.00. The van der Waals surface area contributed by atoms with E-state index >= 15 is 0 Å². The first kappa shape index (κ1) is 14.1.